The van der Waals surface area contributed by atoms with Crippen molar-refractivity contribution in [2.75, 3.05) is 19.8 Å². The lowest BCUT2D eigenvalue weighted by molar-refractivity contribution is -0.131. The summed E-state index contributed by atoms with van der Waals surface area (Å²) in [6, 6.07) is 14.7. The molecule has 4 nitrogen and oxygen atoms in total. The van der Waals surface area contributed by atoms with Crippen LogP contribution in [0.25, 0.3) is 21.2 Å². The predicted octanol–water partition coefficient (Wildman–Crippen LogP) is 5.99. The molecule has 4 aromatic rings. The summed E-state index contributed by atoms with van der Waals surface area (Å²) in [5.41, 5.74) is 4.33. The monoisotopic (exact) mass is 449 g/mol. The first-order valence-electron chi connectivity index (χ1n) is 10.4. The van der Waals surface area contributed by atoms with Crippen molar-refractivity contribution in [1.82, 2.24) is 4.90 Å². The molecular weight excluding hydrogens is 426 g/mol. The zero-order chi connectivity index (χ0) is 21.2. The quantitative estimate of drug-likeness (QED) is 0.376. The lowest BCUT2D eigenvalue weighted by Crippen LogP contribution is -2.33. The molecule has 5 rings (SSSR count). The number of hydrogen-bond acceptors (Lipinski definition) is 5. The second-order valence-electron chi connectivity index (χ2n) is 7.51. The number of nitrogens with zero attached hydrogens (tertiary/aromatic N) is 1. The average Bonchev–Trinajstić information content (AvgIpc) is 3.39. The van der Waals surface area contributed by atoms with Gasteiger partial charge in [0.2, 0.25) is 5.91 Å². The van der Waals surface area contributed by atoms with Crippen molar-refractivity contribution in [3.8, 4) is 22.6 Å². The largest absolute Gasteiger partial charge is 0.490 e. The highest BCUT2D eigenvalue weighted by molar-refractivity contribution is 7.17. The van der Waals surface area contributed by atoms with Crippen molar-refractivity contribution >= 4 is 38.7 Å². The maximum absolute atomic E-state index is 13.0. The summed E-state index contributed by atoms with van der Waals surface area (Å²) >= 11 is 3.36. The maximum atomic E-state index is 13.0. The molecule has 31 heavy (non-hydrogen) atoms. The van der Waals surface area contributed by atoms with Crippen LogP contribution < -0.4 is 9.47 Å². The first-order valence-corrected chi connectivity index (χ1v) is 12.2. The van der Waals surface area contributed by atoms with Gasteiger partial charge >= 0.3 is 0 Å². The summed E-state index contributed by atoms with van der Waals surface area (Å²) in [5, 5.41) is 7.47. The van der Waals surface area contributed by atoms with Crippen LogP contribution in [-0.2, 0) is 17.8 Å². The molecule has 1 aliphatic heterocycles. The van der Waals surface area contributed by atoms with Gasteiger partial charge in [0, 0.05) is 27.8 Å². The number of carbonyl (C=O) groups excluding carboxylic acids is 1. The number of thiophene rings is 2. The number of amides is 1. The average molecular weight is 450 g/mol. The van der Waals surface area contributed by atoms with Crippen LogP contribution in [0.3, 0.4) is 0 Å². The first-order chi connectivity index (χ1) is 15.2. The molecule has 0 saturated carbocycles. The van der Waals surface area contributed by atoms with Gasteiger partial charge in [-0.1, -0.05) is 18.2 Å². The molecule has 0 bridgehead atoms. The molecule has 0 N–H and O–H groups in total. The fraction of sp³-hybridized carbons (Fsp3) is 0.240. The van der Waals surface area contributed by atoms with Gasteiger partial charge in [0.15, 0.2) is 11.5 Å². The van der Waals surface area contributed by atoms with E-state index in [9.17, 15) is 4.79 Å². The Morgan fingerprint density at radius 3 is 2.94 bits per heavy atom. The van der Waals surface area contributed by atoms with Gasteiger partial charge < -0.3 is 14.4 Å². The minimum Gasteiger partial charge on any atom is -0.490 e. The Balaban J connectivity index is 1.52. The molecule has 1 amide bonds. The van der Waals surface area contributed by atoms with E-state index in [1.165, 1.54) is 15.6 Å². The zero-order valence-electron chi connectivity index (χ0n) is 17.3. The van der Waals surface area contributed by atoms with Crippen LogP contribution in [0.15, 0.2) is 58.6 Å². The normalized spacial score (nSPS) is 13.5. The van der Waals surface area contributed by atoms with Crippen molar-refractivity contribution in [3.05, 3.63) is 69.7 Å². The molecule has 2 aromatic carbocycles. The third-order valence-corrected chi connectivity index (χ3v) is 7.18. The van der Waals surface area contributed by atoms with Crippen LogP contribution >= 0.6 is 22.7 Å². The van der Waals surface area contributed by atoms with Crippen molar-refractivity contribution in [3.63, 3.8) is 0 Å². The van der Waals surface area contributed by atoms with Crippen molar-refractivity contribution < 1.29 is 14.3 Å². The Morgan fingerprint density at radius 1 is 1.19 bits per heavy atom. The molecule has 0 atom stereocenters. The van der Waals surface area contributed by atoms with E-state index in [4.69, 9.17) is 9.47 Å². The van der Waals surface area contributed by atoms with Crippen molar-refractivity contribution in [2.24, 2.45) is 0 Å². The molecule has 0 aliphatic carbocycles. The van der Waals surface area contributed by atoms with Crippen LogP contribution in [0.2, 0.25) is 0 Å². The predicted molar refractivity (Wildman–Crippen MR) is 127 cm³/mol. The number of hydrogen-bond donors (Lipinski definition) is 0. The van der Waals surface area contributed by atoms with Gasteiger partial charge in [-0.2, -0.15) is 11.3 Å². The van der Waals surface area contributed by atoms with Crippen LogP contribution in [0, 0.1) is 0 Å². The van der Waals surface area contributed by atoms with Crippen LogP contribution in [0.1, 0.15) is 18.1 Å². The number of carbonyl (C=O) groups is 1. The number of ether oxygens (including phenoxy) is 2. The summed E-state index contributed by atoms with van der Waals surface area (Å²) in [7, 11) is 0. The van der Waals surface area contributed by atoms with Gasteiger partial charge in [0.25, 0.3) is 0 Å². The summed E-state index contributed by atoms with van der Waals surface area (Å²) < 4.78 is 13.3. The van der Waals surface area contributed by atoms with Gasteiger partial charge in [-0.15, -0.1) is 11.3 Å². The molecule has 0 spiro atoms. The van der Waals surface area contributed by atoms with Gasteiger partial charge in [-0.3, -0.25) is 4.79 Å². The molecule has 0 unspecified atom stereocenters. The standard InChI is InChI=1S/C25H23NO3S2/c1-2-28-22-13-18(21-16-31-23-6-4-3-5-20(21)23)12-19-14-26(8-9-29-25(19)22)24(27)11-17-7-10-30-15-17/h3-7,10,12-13,15-16H,2,8-9,11,14H2,1H3. The van der Waals surface area contributed by atoms with Gasteiger partial charge in [0.05, 0.1) is 19.6 Å². The molecule has 158 valence electrons. The highest BCUT2D eigenvalue weighted by atomic mass is 32.1. The van der Waals surface area contributed by atoms with E-state index in [-0.39, 0.29) is 5.91 Å². The Morgan fingerprint density at radius 2 is 2.10 bits per heavy atom. The highest BCUT2D eigenvalue weighted by Gasteiger charge is 2.24. The molecule has 2 aromatic heterocycles. The van der Waals surface area contributed by atoms with E-state index in [0.29, 0.717) is 32.7 Å². The number of fused-ring (bicyclic) bond motifs is 2. The maximum Gasteiger partial charge on any atom is 0.227 e. The SMILES string of the molecule is CCOc1cc(-c2csc3ccccc23)cc2c1OCCN(C(=O)Cc1ccsc1)C2. The zero-order valence-corrected chi connectivity index (χ0v) is 18.9. The van der Waals surface area contributed by atoms with E-state index < -0.39 is 0 Å². The smallest absolute Gasteiger partial charge is 0.227 e. The molecule has 0 radical (unpaired) electrons. The van der Waals surface area contributed by atoms with Gasteiger partial charge in [-0.25, -0.2) is 0 Å². The molecule has 1 aliphatic rings. The Kier molecular flexibility index (Phi) is 5.66. The van der Waals surface area contributed by atoms with E-state index in [1.54, 1.807) is 22.7 Å². The van der Waals surface area contributed by atoms with E-state index in [0.717, 1.165) is 28.2 Å². The van der Waals surface area contributed by atoms with E-state index in [2.05, 4.69) is 41.8 Å². The first kappa shape index (κ1) is 20.1. The fourth-order valence-corrected chi connectivity index (χ4v) is 5.63. The van der Waals surface area contributed by atoms with Gasteiger partial charge in [0.1, 0.15) is 6.61 Å². The summed E-state index contributed by atoms with van der Waals surface area (Å²) in [4.78, 5) is 14.9. The minimum atomic E-state index is 0.124. The molecule has 3 heterocycles. The Labute approximate surface area is 189 Å². The molecule has 0 fully saturated rings. The Bertz CT molecular complexity index is 1210. The lowest BCUT2D eigenvalue weighted by Gasteiger charge is -2.20. The number of benzene rings is 2. The van der Waals surface area contributed by atoms with Crippen LogP contribution in [0.4, 0.5) is 0 Å². The fourth-order valence-electron chi connectivity index (χ4n) is 4.00. The second kappa shape index (κ2) is 8.73. The van der Waals surface area contributed by atoms with Gasteiger partial charge in [-0.05, 0) is 58.5 Å². The third kappa shape index (κ3) is 4.05. The summed E-state index contributed by atoms with van der Waals surface area (Å²) in [6.45, 7) is 4.09. The highest BCUT2D eigenvalue weighted by Crippen LogP contribution is 2.41. The third-order valence-electron chi connectivity index (χ3n) is 5.48. The molecule has 0 saturated heterocycles. The number of rotatable bonds is 5. The van der Waals surface area contributed by atoms with E-state index >= 15 is 0 Å². The molecular formula is C25H23NO3S2. The summed E-state index contributed by atoms with van der Waals surface area (Å²) in [6.07, 6.45) is 0.423. The van der Waals surface area contributed by atoms with Crippen molar-refractivity contribution in [1.29, 1.82) is 0 Å². The topological polar surface area (TPSA) is 38.8 Å². The minimum absolute atomic E-state index is 0.124. The Hall–Kier alpha value is -2.83. The molecule has 6 heteroatoms. The lowest BCUT2D eigenvalue weighted by atomic mass is 10.0. The van der Waals surface area contributed by atoms with E-state index in [1.807, 2.05) is 28.7 Å². The van der Waals surface area contributed by atoms with Crippen molar-refractivity contribution in [2.45, 2.75) is 19.9 Å². The van der Waals surface area contributed by atoms with Crippen LogP contribution in [0.5, 0.6) is 11.5 Å². The van der Waals surface area contributed by atoms with Crippen LogP contribution in [-0.4, -0.2) is 30.6 Å². The summed E-state index contributed by atoms with van der Waals surface area (Å²) in [5.74, 6) is 1.63. The second-order valence-corrected chi connectivity index (χ2v) is 9.20.